The van der Waals surface area contributed by atoms with Crippen LogP contribution in [0.25, 0.3) is 10.2 Å². The second kappa shape index (κ2) is 9.48. The summed E-state index contributed by atoms with van der Waals surface area (Å²) in [6, 6.07) is 7.85. The first-order valence-corrected chi connectivity index (χ1v) is 11.5. The summed E-state index contributed by atoms with van der Waals surface area (Å²) in [5, 5.41) is 4.22. The number of H-pyrrole nitrogens is 1. The van der Waals surface area contributed by atoms with Crippen molar-refractivity contribution >= 4 is 39.1 Å². The number of methoxy groups -OCH3 is 1. The van der Waals surface area contributed by atoms with Crippen molar-refractivity contribution in [2.45, 2.75) is 32.4 Å². The highest BCUT2D eigenvalue weighted by atomic mass is 35.5. The van der Waals surface area contributed by atoms with Crippen molar-refractivity contribution in [1.82, 2.24) is 20.2 Å². The second-order valence-corrected chi connectivity index (χ2v) is 9.14. The average Bonchev–Trinajstić information content (AvgIpc) is 3.37. The molecule has 31 heavy (non-hydrogen) atoms. The van der Waals surface area contributed by atoms with Crippen LogP contribution in [0.2, 0.25) is 5.02 Å². The predicted octanol–water partition coefficient (Wildman–Crippen LogP) is 3.66. The molecule has 1 aromatic carbocycles. The number of benzene rings is 1. The van der Waals surface area contributed by atoms with Gasteiger partial charge in [0, 0.05) is 18.7 Å². The third kappa shape index (κ3) is 4.67. The Balaban J connectivity index is 1.58. The Morgan fingerprint density at radius 1 is 1.39 bits per heavy atom. The van der Waals surface area contributed by atoms with E-state index in [0.717, 1.165) is 31.5 Å². The summed E-state index contributed by atoms with van der Waals surface area (Å²) in [6.45, 7) is 4.45. The van der Waals surface area contributed by atoms with Crippen molar-refractivity contribution in [2.24, 2.45) is 0 Å². The molecule has 2 N–H and O–H groups in total. The van der Waals surface area contributed by atoms with E-state index in [2.05, 4.69) is 20.2 Å². The summed E-state index contributed by atoms with van der Waals surface area (Å²) >= 11 is 7.45. The monoisotopic (exact) mass is 460 g/mol. The average molecular weight is 461 g/mol. The first kappa shape index (κ1) is 22.0. The lowest BCUT2D eigenvalue weighted by atomic mass is 10.1. The van der Waals surface area contributed by atoms with E-state index in [1.807, 2.05) is 24.3 Å². The van der Waals surface area contributed by atoms with Crippen molar-refractivity contribution < 1.29 is 9.53 Å². The lowest BCUT2D eigenvalue weighted by Gasteiger charge is -2.28. The standard InChI is InChI=1S/C22H25ClN4O3S/c1-13-18-20(28)25-17(12-30-2)26-22(18)31-19(13)21(29)24-11-16(27-8-3-4-9-27)14-6-5-7-15(23)10-14/h5-7,10,16H,3-4,8-9,11-12H2,1-2H3,(H,24,29)(H,25,26,28)/t16-/m0/s1. The molecule has 4 rings (SSSR count). The third-order valence-electron chi connectivity index (χ3n) is 5.61. The minimum absolute atomic E-state index is 0.0506. The zero-order valence-corrected chi connectivity index (χ0v) is 19.1. The number of aryl methyl sites for hydroxylation is 1. The van der Waals surface area contributed by atoms with Gasteiger partial charge in [0.15, 0.2) is 0 Å². The van der Waals surface area contributed by atoms with Crippen LogP contribution in [-0.2, 0) is 11.3 Å². The Morgan fingerprint density at radius 2 is 2.16 bits per heavy atom. The van der Waals surface area contributed by atoms with Gasteiger partial charge in [0.05, 0.1) is 16.3 Å². The van der Waals surface area contributed by atoms with Gasteiger partial charge >= 0.3 is 0 Å². The van der Waals surface area contributed by atoms with Crippen LogP contribution >= 0.6 is 22.9 Å². The number of aromatic nitrogens is 2. The molecule has 9 heteroatoms. The number of thiophene rings is 1. The summed E-state index contributed by atoms with van der Waals surface area (Å²) in [6.07, 6.45) is 2.30. The molecule has 2 aromatic heterocycles. The van der Waals surface area contributed by atoms with Gasteiger partial charge in [-0.3, -0.25) is 14.5 Å². The molecular weight excluding hydrogens is 436 g/mol. The Bertz CT molecular complexity index is 1150. The Labute approximate surface area is 189 Å². The molecule has 0 unspecified atom stereocenters. The Kier molecular flexibility index (Phi) is 6.71. The van der Waals surface area contributed by atoms with Gasteiger partial charge in [-0.1, -0.05) is 23.7 Å². The highest BCUT2D eigenvalue weighted by molar-refractivity contribution is 7.20. The SMILES string of the molecule is COCc1nc2sc(C(=O)NC[C@@H](c3cccc(Cl)c3)N3CCCC3)c(C)c2c(=O)[nH]1. The third-order valence-corrected chi connectivity index (χ3v) is 7.03. The molecule has 0 spiro atoms. The molecule has 1 amide bonds. The fourth-order valence-corrected chi connectivity index (χ4v) is 5.42. The molecule has 1 atom stereocenters. The number of hydrogen-bond donors (Lipinski definition) is 2. The predicted molar refractivity (Wildman–Crippen MR) is 123 cm³/mol. The minimum Gasteiger partial charge on any atom is -0.377 e. The van der Waals surface area contributed by atoms with Crippen LogP contribution in [0.1, 0.15) is 45.5 Å². The molecule has 0 saturated carbocycles. The number of rotatable bonds is 7. The van der Waals surface area contributed by atoms with E-state index in [4.69, 9.17) is 16.3 Å². The van der Waals surface area contributed by atoms with Gasteiger partial charge in [0.25, 0.3) is 11.5 Å². The van der Waals surface area contributed by atoms with E-state index in [0.29, 0.717) is 38.0 Å². The number of fused-ring (bicyclic) bond motifs is 1. The van der Waals surface area contributed by atoms with E-state index >= 15 is 0 Å². The molecule has 7 nitrogen and oxygen atoms in total. The van der Waals surface area contributed by atoms with E-state index in [1.54, 1.807) is 14.0 Å². The molecule has 3 heterocycles. The van der Waals surface area contributed by atoms with Crippen molar-refractivity contribution in [1.29, 1.82) is 0 Å². The van der Waals surface area contributed by atoms with Crippen molar-refractivity contribution in [3.05, 3.63) is 61.5 Å². The smallest absolute Gasteiger partial charge is 0.261 e. The molecule has 164 valence electrons. The van der Waals surface area contributed by atoms with Crippen LogP contribution in [0.4, 0.5) is 0 Å². The van der Waals surface area contributed by atoms with Crippen molar-refractivity contribution in [3.8, 4) is 0 Å². The van der Waals surface area contributed by atoms with Crippen LogP contribution in [-0.4, -0.2) is 47.5 Å². The molecule has 1 aliphatic heterocycles. The lowest BCUT2D eigenvalue weighted by molar-refractivity contribution is 0.0941. The molecule has 3 aromatic rings. The van der Waals surface area contributed by atoms with Crippen LogP contribution in [0.15, 0.2) is 29.1 Å². The van der Waals surface area contributed by atoms with E-state index in [9.17, 15) is 9.59 Å². The summed E-state index contributed by atoms with van der Waals surface area (Å²) in [4.78, 5) is 36.2. The maximum absolute atomic E-state index is 13.1. The lowest BCUT2D eigenvalue weighted by Crippen LogP contribution is -2.36. The van der Waals surface area contributed by atoms with Gasteiger partial charge in [-0.25, -0.2) is 4.98 Å². The summed E-state index contributed by atoms with van der Waals surface area (Å²) in [5.74, 6) is 0.252. The summed E-state index contributed by atoms with van der Waals surface area (Å²) in [7, 11) is 1.54. The quantitative estimate of drug-likeness (QED) is 0.561. The topological polar surface area (TPSA) is 87.3 Å². The first-order valence-electron chi connectivity index (χ1n) is 10.3. The van der Waals surface area contributed by atoms with Crippen molar-refractivity contribution in [2.75, 3.05) is 26.7 Å². The maximum Gasteiger partial charge on any atom is 0.261 e. The van der Waals surface area contributed by atoms with Gasteiger partial charge in [-0.2, -0.15) is 0 Å². The number of aromatic amines is 1. The molecule has 1 fully saturated rings. The van der Waals surface area contributed by atoms with Crippen LogP contribution < -0.4 is 10.9 Å². The highest BCUT2D eigenvalue weighted by Gasteiger charge is 2.25. The Morgan fingerprint density at radius 3 is 2.87 bits per heavy atom. The largest absolute Gasteiger partial charge is 0.377 e. The number of nitrogens with zero attached hydrogens (tertiary/aromatic N) is 2. The number of ether oxygens (including phenoxy) is 1. The van der Waals surface area contributed by atoms with E-state index in [1.165, 1.54) is 11.3 Å². The normalized spacial score (nSPS) is 15.5. The maximum atomic E-state index is 13.1. The summed E-state index contributed by atoms with van der Waals surface area (Å²) < 4.78 is 5.06. The number of amides is 1. The van der Waals surface area contributed by atoms with Gasteiger partial charge in [0.2, 0.25) is 0 Å². The zero-order chi connectivity index (χ0) is 22.0. The van der Waals surface area contributed by atoms with Gasteiger partial charge < -0.3 is 15.0 Å². The van der Waals surface area contributed by atoms with Gasteiger partial charge in [-0.15, -0.1) is 11.3 Å². The van der Waals surface area contributed by atoms with Crippen LogP contribution in [0.5, 0.6) is 0 Å². The molecule has 0 bridgehead atoms. The number of halogens is 1. The van der Waals surface area contributed by atoms with E-state index < -0.39 is 0 Å². The van der Waals surface area contributed by atoms with Gasteiger partial charge in [-0.05, 0) is 56.1 Å². The number of likely N-dealkylation sites (tertiary alicyclic amines) is 1. The molecule has 0 radical (unpaired) electrons. The summed E-state index contributed by atoms with van der Waals surface area (Å²) in [5.41, 5.74) is 1.49. The molecule has 1 saturated heterocycles. The number of nitrogens with one attached hydrogen (secondary N) is 2. The van der Waals surface area contributed by atoms with Gasteiger partial charge in [0.1, 0.15) is 17.3 Å². The van der Waals surface area contributed by atoms with E-state index in [-0.39, 0.29) is 24.1 Å². The number of carbonyl (C=O) groups excluding carboxylic acids is 1. The zero-order valence-electron chi connectivity index (χ0n) is 17.5. The first-order chi connectivity index (χ1) is 15.0. The molecular formula is C22H25ClN4O3S. The Hall–Kier alpha value is -2.26. The van der Waals surface area contributed by atoms with Crippen molar-refractivity contribution in [3.63, 3.8) is 0 Å². The van der Waals surface area contributed by atoms with Crippen LogP contribution in [0.3, 0.4) is 0 Å². The minimum atomic E-state index is -0.251. The molecule has 1 aliphatic rings. The fraction of sp³-hybridized carbons (Fsp3) is 0.409. The number of carbonyl (C=O) groups is 1. The molecule has 0 aliphatic carbocycles. The van der Waals surface area contributed by atoms with Crippen LogP contribution in [0, 0.1) is 6.92 Å². The number of hydrogen-bond acceptors (Lipinski definition) is 6. The second-order valence-electron chi connectivity index (χ2n) is 7.71. The fourth-order valence-electron chi connectivity index (χ4n) is 4.10. The highest BCUT2D eigenvalue weighted by Crippen LogP contribution is 2.29.